The van der Waals surface area contributed by atoms with Crippen LogP contribution in [0.3, 0.4) is 0 Å². The highest BCUT2D eigenvalue weighted by Gasteiger charge is 2.33. The molecule has 1 fully saturated rings. The molecule has 0 saturated carbocycles. The van der Waals surface area contributed by atoms with Crippen molar-refractivity contribution in [2.45, 2.75) is 52.9 Å². The minimum Gasteiger partial charge on any atom is -0.354 e. The molecule has 3 aromatic rings. The second-order valence-electron chi connectivity index (χ2n) is 7.25. The fourth-order valence-corrected chi connectivity index (χ4v) is 3.97. The van der Waals surface area contributed by atoms with Crippen molar-refractivity contribution in [2.24, 2.45) is 5.92 Å². The highest BCUT2D eigenvalue weighted by atomic mass is 35.5. The van der Waals surface area contributed by atoms with Crippen LogP contribution in [-0.4, -0.2) is 30.2 Å². The van der Waals surface area contributed by atoms with Crippen LogP contribution in [0.5, 0.6) is 0 Å². The fraction of sp³-hybridized carbons (Fsp3) is 0.474. The van der Waals surface area contributed by atoms with Gasteiger partial charge in [0.1, 0.15) is 6.23 Å². The lowest BCUT2D eigenvalue weighted by Crippen LogP contribution is -2.14. The van der Waals surface area contributed by atoms with E-state index in [4.69, 9.17) is 16.3 Å². The van der Waals surface area contributed by atoms with Crippen LogP contribution < -0.4 is 5.43 Å². The zero-order valence-corrected chi connectivity index (χ0v) is 16.6. The van der Waals surface area contributed by atoms with E-state index in [1.165, 1.54) is 0 Å². The van der Waals surface area contributed by atoms with E-state index in [-0.39, 0.29) is 23.0 Å². The van der Waals surface area contributed by atoms with Gasteiger partial charge in [0.05, 0.1) is 12.4 Å². The van der Waals surface area contributed by atoms with Crippen molar-refractivity contribution >= 4 is 22.8 Å². The minimum absolute atomic E-state index is 0.0205. The van der Waals surface area contributed by atoms with Gasteiger partial charge in [0.25, 0.3) is 0 Å². The lowest BCUT2D eigenvalue weighted by molar-refractivity contribution is -0.00304. The van der Waals surface area contributed by atoms with E-state index in [2.05, 4.69) is 28.8 Å². The summed E-state index contributed by atoms with van der Waals surface area (Å²) in [6.45, 7) is 7.90. The Morgan fingerprint density at radius 3 is 2.59 bits per heavy atom. The quantitative estimate of drug-likeness (QED) is 0.642. The summed E-state index contributed by atoms with van der Waals surface area (Å²) in [6, 6.07) is 0. The van der Waals surface area contributed by atoms with Crippen LogP contribution >= 0.6 is 11.6 Å². The molecular weight excluding hydrogens is 366 g/mol. The molecule has 0 unspecified atom stereocenters. The summed E-state index contributed by atoms with van der Waals surface area (Å²) in [5.41, 5.74) is 2.55. The molecule has 1 aliphatic rings. The maximum absolute atomic E-state index is 12.0. The first-order valence-corrected chi connectivity index (χ1v) is 9.52. The Morgan fingerprint density at radius 2 is 1.96 bits per heavy atom. The number of rotatable bonds is 3. The van der Waals surface area contributed by atoms with Crippen molar-refractivity contribution in [1.82, 2.24) is 24.1 Å². The van der Waals surface area contributed by atoms with Gasteiger partial charge in [-0.2, -0.15) is 9.97 Å². The molecule has 1 aliphatic heterocycles. The number of hydrogen-bond donors (Lipinski definition) is 0. The number of fused-ring (bicyclic) bond motifs is 1. The smallest absolute Gasteiger partial charge is 0.226 e. The molecule has 4 rings (SSSR count). The number of hydrogen-bond acceptors (Lipinski definition) is 5. The molecule has 1 saturated heterocycles. The number of pyridine rings is 1. The Morgan fingerprint density at radius 1 is 1.26 bits per heavy atom. The minimum atomic E-state index is -0.119. The van der Waals surface area contributed by atoms with E-state index in [9.17, 15) is 4.79 Å². The van der Waals surface area contributed by atoms with Gasteiger partial charge < -0.3 is 9.30 Å². The normalized spacial score (nSPS) is 22.6. The third-order valence-corrected chi connectivity index (χ3v) is 5.42. The molecule has 8 heteroatoms. The lowest BCUT2D eigenvalue weighted by atomic mass is 10.0. The van der Waals surface area contributed by atoms with Crippen molar-refractivity contribution in [3.63, 3.8) is 0 Å². The van der Waals surface area contributed by atoms with E-state index in [1.54, 1.807) is 37.1 Å². The molecule has 142 valence electrons. The molecule has 4 heterocycles. The van der Waals surface area contributed by atoms with Crippen LogP contribution in [0.4, 0.5) is 0 Å². The molecular formula is C19H22ClN5O2. The van der Waals surface area contributed by atoms with E-state index in [0.29, 0.717) is 34.0 Å². The zero-order chi connectivity index (χ0) is 19.3. The monoisotopic (exact) mass is 387 g/mol. The van der Waals surface area contributed by atoms with Gasteiger partial charge in [-0.25, -0.2) is 4.98 Å². The van der Waals surface area contributed by atoms with E-state index < -0.39 is 0 Å². The van der Waals surface area contributed by atoms with Crippen molar-refractivity contribution in [2.75, 3.05) is 0 Å². The maximum atomic E-state index is 12.0. The van der Waals surface area contributed by atoms with Crippen LogP contribution in [0.25, 0.3) is 17.0 Å². The lowest BCUT2D eigenvalue weighted by Gasteiger charge is -2.15. The molecule has 0 aromatic carbocycles. The summed E-state index contributed by atoms with van der Waals surface area (Å²) in [5.74, 6) is 1.02. The SMILES string of the molecule is CC[C@@H]1O[C@@H](n2cnc3c(-n4cc(C)c(=O)c(C)c4)nc(Cl)nc32)C[C@@H]1C. The van der Waals surface area contributed by atoms with Crippen LogP contribution in [0.2, 0.25) is 5.28 Å². The van der Waals surface area contributed by atoms with Crippen LogP contribution in [0, 0.1) is 19.8 Å². The molecule has 7 nitrogen and oxygen atoms in total. The van der Waals surface area contributed by atoms with Crippen molar-refractivity contribution < 1.29 is 4.74 Å². The number of halogens is 1. The predicted molar refractivity (Wildman–Crippen MR) is 103 cm³/mol. The van der Waals surface area contributed by atoms with Gasteiger partial charge in [0.15, 0.2) is 22.4 Å². The van der Waals surface area contributed by atoms with Gasteiger partial charge in [-0.3, -0.25) is 9.36 Å². The van der Waals surface area contributed by atoms with Crippen molar-refractivity contribution in [3.8, 4) is 5.82 Å². The van der Waals surface area contributed by atoms with Crippen LogP contribution in [-0.2, 0) is 4.74 Å². The summed E-state index contributed by atoms with van der Waals surface area (Å²) >= 11 is 6.23. The highest BCUT2D eigenvalue weighted by Crippen LogP contribution is 2.36. The summed E-state index contributed by atoms with van der Waals surface area (Å²) < 4.78 is 9.90. The van der Waals surface area contributed by atoms with Gasteiger partial charge in [0, 0.05) is 23.5 Å². The van der Waals surface area contributed by atoms with Gasteiger partial charge >= 0.3 is 0 Å². The van der Waals surface area contributed by atoms with Crippen LogP contribution in [0.15, 0.2) is 23.5 Å². The Balaban J connectivity index is 1.85. The van der Waals surface area contributed by atoms with Crippen LogP contribution in [0.1, 0.15) is 44.0 Å². The Kier molecular flexibility index (Phi) is 4.52. The second kappa shape index (κ2) is 6.73. The fourth-order valence-electron chi connectivity index (χ4n) is 3.81. The molecule has 0 amide bonds. The number of imidazole rings is 1. The standard InChI is InChI=1S/C19H22ClN5O2/c1-5-13-10(2)6-14(27-13)25-9-21-15-17(22-19(20)23-18(15)25)24-7-11(3)16(26)12(4)8-24/h7-10,13-14H,5-6H2,1-4H3/t10-,13-,14+/m0/s1. The highest BCUT2D eigenvalue weighted by molar-refractivity contribution is 6.28. The van der Waals surface area contributed by atoms with Crippen molar-refractivity contribution in [3.05, 3.63) is 45.4 Å². The Hall–Kier alpha value is -2.25. The number of ether oxygens (including phenoxy) is 1. The average molecular weight is 388 g/mol. The molecule has 3 atom stereocenters. The summed E-state index contributed by atoms with van der Waals surface area (Å²) in [4.78, 5) is 25.4. The molecule has 0 aliphatic carbocycles. The van der Waals surface area contributed by atoms with Crippen molar-refractivity contribution in [1.29, 1.82) is 0 Å². The summed E-state index contributed by atoms with van der Waals surface area (Å²) in [7, 11) is 0. The zero-order valence-electron chi connectivity index (χ0n) is 15.8. The first kappa shape index (κ1) is 18.1. The number of aryl methyl sites for hydroxylation is 2. The van der Waals surface area contributed by atoms with Gasteiger partial charge in [-0.1, -0.05) is 13.8 Å². The molecule has 27 heavy (non-hydrogen) atoms. The molecule has 0 N–H and O–H groups in total. The van der Waals surface area contributed by atoms with Gasteiger partial charge in [-0.15, -0.1) is 0 Å². The third-order valence-electron chi connectivity index (χ3n) is 5.25. The van der Waals surface area contributed by atoms with Gasteiger partial charge in [-0.05, 0) is 44.2 Å². The molecule has 0 bridgehead atoms. The van der Waals surface area contributed by atoms with Gasteiger partial charge in [0.2, 0.25) is 5.28 Å². The second-order valence-corrected chi connectivity index (χ2v) is 7.59. The summed E-state index contributed by atoms with van der Waals surface area (Å²) in [6.07, 6.45) is 7.20. The van der Waals surface area contributed by atoms with E-state index >= 15 is 0 Å². The number of aromatic nitrogens is 5. The Labute approximate surface area is 162 Å². The molecule has 3 aromatic heterocycles. The molecule has 0 spiro atoms. The first-order valence-electron chi connectivity index (χ1n) is 9.14. The maximum Gasteiger partial charge on any atom is 0.226 e. The average Bonchev–Trinajstić information content (AvgIpc) is 3.21. The predicted octanol–water partition coefficient (Wildman–Crippen LogP) is 3.58. The van der Waals surface area contributed by atoms with E-state index in [0.717, 1.165) is 12.8 Å². The molecule has 0 radical (unpaired) electrons. The largest absolute Gasteiger partial charge is 0.354 e. The Bertz CT molecular complexity index is 1050. The number of nitrogens with zero attached hydrogens (tertiary/aromatic N) is 5. The van der Waals surface area contributed by atoms with E-state index in [1.807, 2.05) is 4.57 Å². The topological polar surface area (TPSA) is 74.8 Å². The third kappa shape index (κ3) is 3.04. The first-order chi connectivity index (χ1) is 12.9. The summed E-state index contributed by atoms with van der Waals surface area (Å²) in [5, 5.41) is 0.131.